The Hall–Kier alpha value is -1.71. The maximum absolute atomic E-state index is 11.2. The second-order valence-electron chi connectivity index (χ2n) is 6.13. The Kier molecular flexibility index (Phi) is 6.72. The summed E-state index contributed by atoms with van der Waals surface area (Å²) in [4.78, 5) is 15.7. The Labute approximate surface area is 134 Å². The molecule has 1 unspecified atom stereocenters. The standard InChI is InChI=1S/C18H30N2O2/c1-7-19(8-2)16-9-10-17(14(5)11-16)20(13(3)4)12-15(6)18(21)22/h9-11,13,15H,7-8,12H2,1-6H3,(H,21,22). The zero-order chi connectivity index (χ0) is 16.9. The van der Waals surface area contributed by atoms with E-state index < -0.39 is 5.97 Å². The van der Waals surface area contributed by atoms with Crippen molar-refractivity contribution in [2.45, 2.75) is 47.6 Å². The maximum atomic E-state index is 11.2. The minimum atomic E-state index is -0.747. The molecule has 1 rings (SSSR count). The van der Waals surface area contributed by atoms with Crippen LogP contribution in [-0.2, 0) is 4.79 Å². The zero-order valence-corrected chi connectivity index (χ0v) is 14.8. The monoisotopic (exact) mass is 306 g/mol. The summed E-state index contributed by atoms with van der Waals surface area (Å²) < 4.78 is 0. The van der Waals surface area contributed by atoms with E-state index in [9.17, 15) is 9.90 Å². The third-order valence-electron chi connectivity index (χ3n) is 4.13. The number of carboxylic acids is 1. The van der Waals surface area contributed by atoms with E-state index in [2.05, 4.69) is 62.6 Å². The van der Waals surface area contributed by atoms with Gasteiger partial charge in [0.15, 0.2) is 0 Å². The molecule has 0 spiro atoms. The lowest BCUT2D eigenvalue weighted by atomic mass is 10.1. The van der Waals surface area contributed by atoms with E-state index in [1.807, 2.05) is 0 Å². The molecule has 22 heavy (non-hydrogen) atoms. The van der Waals surface area contributed by atoms with Crippen LogP contribution in [0.4, 0.5) is 11.4 Å². The van der Waals surface area contributed by atoms with E-state index in [4.69, 9.17) is 0 Å². The minimum absolute atomic E-state index is 0.264. The van der Waals surface area contributed by atoms with E-state index in [0.717, 1.165) is 18.8 Å². The van der Waals surface area contributed by atoms with Gasteiger partial charge in [0.2, 0.25) is 0 Å². The van der Waals surface area contributed by atoms with Gasteiger partial charge in [0.05, 0.1) is 5.92 Å². The van der Waals surface area contributed by atoms with Crippen molar-refractivity contribution in [3.8, 4) is 0 Å². The molecule has 1 aromatic rings. The van der Waals surface area contributed by atoms with E-state index in [0.29, 0.717) is 6.54 Å². The molecule has 4 heteroatoms. The third kappa shape index (κ3) is 4.39. The smallest absolute Gasteiger partial charge is 0.308 e. The lowest BCUT2D eigenvalue weighted by molar-refractivity contribution is -0.140. The molecule has 0 saturated heterocycles. The predicted molar refractivity (Wildman–Crippen MR) is 94.0 cm³/mol. The molecule has 0 aromatic heterocycles. The first-order valence-corrected chi connectivity index (χ1v) is 8.16. The average Bonchev–Trinajstić information content (AvgIpc) is 2.46. The van der Waals surface area contributed by atoms with Crippen molar-refractivity contribution in [2.75, 3.05) is 29.4 Å². The summed E-state index contributed by atoms with van der Waals surface area (Å²) in [6, 6.07) is 6.72. The molecular formula is C18H30N2O2. The Bertz CT molecular complexity index is 496. The van der Waals surface area contributed by atoms with Crippen LogP contribution in [0, 0.1) is 12.8 Å². The van der Waals surface area contributed by atoms with Gasteiger partial charge in [-0.25, -0.2) is 0 Å². The Balaban J connectivity index is 3.08. The van der Waals surface area contributed by atoms with Crippen molar-refractivity contribution >= 4 is 17.3 Å². The number of aryl methyl sites for hydroxylation is 1. The van der Waals surface area contributed by atoms with Crippen LogP contribution in [0.5, 0.6) is 0 Å². The van der Waals surface area contributed by atoms with Crippen LogP contribution < -0.4 is 9.80 Å². The topological polar surface area (TPSA) is 43.8 Å². The molecule has 4 nitrogen and oxygen atoms in total. The van der Waals surface area contributed by atoms with Crippen molar-refractivity contribution in [2.24, 2.45) is 5.92 Å². The van der Waals surface area contributed by atoms with Gasteiger partial charge in [-0.3, -0.25) is 4.79 Å². The zero-order valence-electron chi connectivity index (χ0n) is 14.8. The molecule has 0 radical (unpaired) electrons. The van der Waals surface area contributed by atoms with Crippen LogP contribution in [0.3, 0.4) is 0 Å². The molecule has 0 aliphatic rings. The van der Waals surface area contributed by atoms with Gasteiger partial charge in [0.25, 0.3) is 0 Å². The van der Waals surface area contributed by atoms with Gasteiger partial charge < -0.3 is 14.9 Å². The number of hydrogen-bond acceptors (Lipinski definition) is 3. The summed E-state index contributed by atoms with van der Waals surface area (Å²) in [7, 11) is 0. The van der Waals surface area contributed by atoms with Gasteiger partial charge in [0, 0.05) is 37.1 Å². The summed E-state index contributed by atoms with van der Waals surface area (Å²) >= 11 is 0. The van der Waals surface area contributed by atoms with E-state index in [-0.39, 0.29) is 12.0 Å². The van der Waals surface area contributed by atoms with Crippen LogP contribution in [-0.4, -0.2) is 36.8 Å². The molecular weight excluding hydrogens is 276 g/mol. The summed E-state index contributed by atoms with van der Waals surface area (Å²) in [5.41, 5.74) is 3.54. The fraction of sp³-hybridized carbons (Fsp3) is 0.611. The molecule has 0 amide bonds. The number of anilines is 2. The first kappa shape index (κ1) is 18.3. The van der Waals surface area contributed by atoms with Crippen molar-refractivity contribution in [3.05, 3.63) is 23.8 Å². The highest BCUT2D eigenvalue weighted by atomic mass is 16.4. The Morgan fingerprint density at radius 3 is 2.18 bits per heavy atom. The van der Waals surface area contributed by atoms with Crippen molar-refractivity contribution in [1.29, 1.82) is 0 Å². The normalized spacial score (nSPS) is 12.3. The SMILES string of the molecule is CCN(CC)c1ccc(N(CC(C)C(=O)O)C(C)C)c(C)c1. The number of nitrogens with zero attached hydrogens (tertiary/aromatic N) is 2. The molecule has 0 saturated carbocycles. The van der Waals surface area contributed by atoms with Crippen molar-refractivity contribution < 1.29 is 9.90 Å². The van der Waals surface area contributed by atoms with Gasteiger partial charge in [-0.05, 0) is 58.4 Å². The average molecular weight is 306 g/mol. The molecule has 0 fully saturated rings. The molecule has 0 bridgehead atoms. The van der Waals surface area contributed by atoms with E-state index >= 15 is 0 Å². The Morgan fingerprint density at radius 2 is 1.77 bits per heavy atom. The van der Waals surface area contributed by atoms with Crippen LogP contribution in [0.2, 0.25) is 0 Å². The molecule has 1 aromatic carbocycles. The highest BCUT2D eigenvalue weighted by Crippen LogP contribution is 2.28. The minimum Gasteiger partial charge on any atom is -0.481 e. The molecule has 0 aliphatic heterocycles. The first-order valence-electron chi connectivity index (χ1n) is 8.16. The summed E-state index contributed by atoms with van der Waals surface area (Å²) in [6.07, 6.45) is 0. The van der Waals surface area contributed by atoms with Crippen molar-refractivity contribution in [3.63, 3.8) is 0 Å². The number of hydrogen-bond donors (Lipinski definition) is 1. The fourth-order valence-electron chi connectivity index (χ4n) is 2.71. The fourth-order valence-corrected chi connectivity index (χ4v) is 2.71. The number of carboxylic acid groups (broad SMARTS) is 1. The largest absolute Gasteiger partial charge is 0.481 e. The molecule has 1 N–H and O–H groups in total. The van der Waals surface area contributed by atoms with E-state index in [1.54, 1.807) is 6.92 Å². The van der Waals surface area contributed by atoms with Gasteiger partial charge in [0.1, 0.15) is 0 Å². The maximum Gasteiger partial charge on any atom is 0.308 e. The lowest BCUT2D eigenvalue weighted by Crippen LogP contribution is -2.37. The number of benzene rings is 1. The summed E-state index contributed by atoms with van der Waals surface area (Å²) in [5, 5.41) is 9.18. The predicted octanol–water partition coefficient (Wildman–Crippen LogP) is 3.78. The summed E-state index contributed by atoms with van der Waals surface area (Å²) in [6.45, 7) is 14.9. The second kappa shape index (κ2) is 8.06. The molecule has 0 heterocycles. The van der Waals surface area contributed by atoms with Crippen LogP contribution >= 0.6 is 0 Å². The molecule has 124 valence electrons. The third-order valence-corrected chi connectivity index (χ3v) is 4.13. The Morgan fingerprint density at radius 1 is 1.18 bits per heavy atom. The second-order valence-corrected chi connectivity index (χ2v) is 6.13. The van der Waals surface area contributed by atoms with Gasteiger partial charge in [-0.2, -0.15) is 0 Å². The van der Waals surface area contributed by atoms with Gasteiger partial charge >= 0.3 is 5.97 Å². The van der Waals surface area contributed by atoms with Crippen LogP contribution in [0.15, 0.2) is 18.2 Å². The van der Waals surface area contributed by atoms with Gasteiger partial charge in [-0.1, -0.05) is 6.92 Å². The molecule has 1 atom stereocenters. The quantitative estimate of drug-likeness (QED) is 0.794. The van der Waals surface area contributed by atoms with Gasteiger partial charge in [-0.15, -0.1) is 0 Å². The number of rotatable bonds is 8. The van der Waals surface area contributed by atoms with Crippen molar-refractivity contribution in [1.82, 2.24) is 0 Å². The highest BCUT2D eigenvalue weighted by molar-refractivity contribution is 5.71. The first-order chi connectivity index (χ1) is 10.3. The number of aliphatic carboxylic acids is 1. The molecule has 0 aliphatic carbocycles. The van der Waals surface area contributed by atoms with Crippen LogP contribution in [0.25, 0.3) is 0 Å². The van der Waals surface area contributed by atoms with E-state index in [1.165, 1.54) is 11.3 Å². The van der Waals surface area contributed by atoms with Crippen LogP contribution in [0.1, 0.15) is 40.2 Å². The lowest BCUT2D eigenvalue weighted by Gasteiger charge is -2.33. The summed E-state index contributed by atoms with van der Waals surface area (Å²) in [5.74, 6) is -1.13. The highest BCUT2D eigenvalue weighted by Gasteiger charge is 2.20. The number of carbonyl (C=O) groups is 1.